The third-order valence-corrected chi connectivity index (χ3v) is 5.36. The van der Waals surface area contributed by atoms with Gasteiger partial charge in [-0.1, -0.05) is 6.07 Å². The van der Waals surface area contributed by atoms with Crippen LogP contribution in [-0.2, 0) is 14.3 Å². The van der Waals surface area contributed by atoms with E-state index in [1.165, 1.54) is 0 Å². The van der Waals surface area contributed by atoms with Crippen molar-refractivity contribution in [3.63, 3.8) is 0 Å². The Kier molecular flexibility index (Phi) is 9.11. The Morgan fingerprint density at radius 2 is 1.61 bits per heavy atom. The number of aliphatic imine (C=N–C) groups is 1. The van der Waals surface area contributed by atoms with Crippen molar-refractivity contribution >= 4 is 23.9 Å². The summed E-state index contributed by atoms with van der Waals surface area (Å²) in [6, 6.07) is 12.6. The molecule has 0 saturated heterocycles. The molecule has 0 saturated carbocycles. The van der Waals surface area contributed by atoms with E-state index in [-0.39, 0.29) is 36.2 Å². The topological polar surface area (TPSA) is 86.7 Å². The minimum atomic E-state index is -0.537. The van der Waals surface area contributed by atoms with E-state index in [0.29, 0.717) is 35.8 Å². The average molecular weight is 495 g/mol. The van der Waals surface area contributed by atoms with Gasteiger partial charge in [-0.15, -0.1) is 0 Å². The minimum absolute atomic E-state index is 0.0701. The molecule has 1 aliphatic heterocycles. The third kappa shape index (κ3) is 6.65. The van der Waals surface area contributed by atoms with Gasteiger partial charge in [-0.3, -0.25) is 4.79 Å². The summed E-state index contributed by atoms with van der Waals surface area (Å²) >= 11 is 0. The van der Waals surface area contributed by atoms with E-state index in [1.54, 1.807) is 53.4 Å². The van der Waals surface area contributed by atoms with E-state index < -0.39 is 5.97 Å². The molecule has 0 fully saturated rings. The van der Waals surface area contributed by atoms with E-state index in [4.69, 9.17) is 18.9 Å². The summed E-state index contributed by atoms with van der Waals surface area (Å²) in [5.74, 6) is 1.26. The molecule has 0 spiro atoms. The Bertz CT molecular complexity index is 1130. The molecule has 0 bridgehead atoms. The van der Waals surface area contributed by atoms with Crippen LogP contribution in [0.3, 0.4) is 0 Å². The van der Waals surface area contributed by atoms with E-state index in [1.807, 2.05) is 41.5 Å². The van der Waals surface area contributed by atoms with Gasteiger partial charge in [-0.2, -0.15) is 0 Å². The largest absolute Gasteiger partial charge is 0.494 e. The first-order valence-electron chi connectivity index (χ1n) is 12.2. The molecule has 2 aromatic carbocycles. The molecule has 3 rings (SSSR count). The van der Waals surface area contributed by atoms with Crippen molar-refractivity contribution in [2.75, 3.05) is 19.8 Å². The lowest BCUT2D eigenvalue weighted by atomic mass is 10.1. The number of hydrogen-bond acceptors (Lipinski definition) is 7. The number of rotatable bonds is 11. The molecular weight excluding hydrogens is 460 g/mol. The quantitative estimate of drug-likeness (QED) is 0.328. The number of esters is 1. The summed E-state index contributed by atoms with van der Waals surface area (Å²) in [7, 11) is 0. The molecule has 0 N–H and O–H groups in total. The second-order valence-corrected chi connectivity index (χ2v) is 8.71. The van der Waals surface area contributed by atoms with Gasteiger partial charge in [-0.05, 0) is 89.6 Å². The zero-order valence-electron chi connectivity index (χ0n) is 21.7. The molecule has 1 heterocycles. The van der Waals surface area contributed by atoms with E-state index in [2.05, 4.69) is 4.99 Å². The van der Waals surface area contributed by atoms with Crippen molar-refractivity contribution in [3.05, 3.63) is 59.3 Å². The van der Waals surface area contributed by atoms with Gasteiger partial charge in [0.2, 0.25) is 5.90 Å². The maximum absolute atomic E-state index is 12.7. The van der Waals surface area contributed by atoms with Crippen molar-refractivity contribution in [3.8, 4) is 17.2 Å². The Morgan fingerprint density at radius 3 is 2.22 bits per heavy atom. The number of carbonyl (C=O) groups excluding carboxylic acids is 2. The molecule has 36 heavy (non-hydrogen) atoms. The lowest BCUT2D eigenvalue weighted by Gasteiger charge is -2.30. The summed E-state index contributed by atoms with van der Waals surface area (Å²) in [5, 5.41) is 0. The highest BCUT2D eigenvalue weighted by Gasteiger charge is 2.25. The standard InChI is InChI=1S/C28H34N2O6/c1-7-33-22-12-10-21(11-13-22)27-29-23(28(32)36-27)15-20-9-14-24(25(16-20)34-8-2)35-17-26(31)30(18(3)4)19(5)6/h9-16,18-19H,7-8,17H2,1-6H3. The van der Waals surface area contributed by atoms with Gasteiger partial charge in [-0.25, -0.2) is 9.79 Å². The Labute approximate surface area is 212 Å². The summed E-state index contributed by atoms with van der Waals surface area (Å²) in [4.78, 5) is 31.3. The van der Waals surface area contributed by atoms with Crippen LogP contribution >= 0.6 is 0 Å². The van der Waals surface area contributed by atoms with E-state index in [9.17, 15) is 9.59 Å². The maximum Gasteiger partial charge on any atom is 0.363 e. The maximum atomic E-state index is 12.7. The zero-order valence-corrected chi connectivity index (χ0v) is 21.7. The van der Waals surface area contributed by atoms with Crippen molar-refractivity contribution < 1.29 is 28.5 Å². The number of benzene rings is 2. The zero-order chi connectivity index (χ0) is 26.2. The number of carbonyl (C=O) groups is 2. The Balaban J connectivity index is 1.78. The van der Waals surface area contributed by atoms with Gasteiger partial charge >= 0.3 is 5.97 Å². The lowest BCUT2D eigenvalue weighted by Crippen LogP contribution is -2.44. The first-order chi connectivity index (χ1) is 17.2. The SMILES string of the molecule is CCOc1ccc(C2=NC(=Cc3ccc(OCC(=O)N(C(C)C)C(C)C)c(OCC)c3)C(=O)O2)cc1. The molecule has 0 radical (unpaired) electrons. The van der Waals surface area contributed by atoms with Crippen LogP contribution in [0.2, 0.25) is 0 Å². The van der Waals surface area contributed by atoms with Crippen LogP contribution in [0.15, 0.2) is 53.2 Å². The molecule has 1 aliphatic rings. The van der Waals surface area contributed by atoms with Crippen LogP contribution in [0.5, 0.6) is 17.2 Å². The van der Waals surface area contributed by atoms with Gasteiger partial charge in [0.15, 0.2) is 23.8 Å². The second-order valence-electron chi connectivity index (χ2n) is 8.71. The molecule has 0 unspecified atom stereocenters. The van der Waals surface area contributed by atoms with Crippen LogP contribution in [-0.4, -0.2) is 54.6 Å². The second kappa shape index (κ2) is 12.2. The van der Waals surface area contributed by atoms with Crippen molar-refractivity contribution in [2.45, 2.75) is 53.6 Å². The number of hydrogen-bond donors (Lipinski definition) is 0. The van der Waals surface area contributed by atoms with Crippen LogP contribution in [0.1, 0.15) is 52.7 Å². The van der Waals surface area contributed by atoms with Gasteiger partial charge in [0, 0.05) is 17.6 Å². The molecule has 0 atom stereocenters. The van der Waals surface area contributed by atoms with E-state index >= 15 is 0 Å². The Hall–Kier alpha value is -3.81. The summed E-state index contributed by atoms with van der Waals surface area (Å²) in [6.07, 6.45) is 1.63. The number of nitrogens with zero attached hydrogens (tertiary/aromatic N) is 2. The normalized spacial score (nSPS) is 14.2. The number of cyclic esters (lactones) is 1. The lowest BCUT2D eigenvalue weighted by molar-refractivity contribution is -0.137. The first kappa shape index (κ1) is 26.8. The van der Waals surface area contributed by atoms with Crippen molar-refractivity contribution in [2.24, 2.45) is 4.99 Å². The fourth-order valence-corrected chi connectivity index (χ4v) is 3.94. The van der Waals surface area contributed by atoms with Crippen molar-refractivity contribution in [1.29, 1.82) is 0 Å². The van der Waals surface area contributed by atoms with Crippen molar-refractivity contribution in [1.82, 2.24) is 4.90 Å². The molecule has 8 heteroatoms. The van der Waals surface area contributed by atoms with E-state index in [0.717, 1.165) is 5.75 Å². The molecular formula is C28H34N2O6. The summed E-state index contributed by atoms with van der Waals surface area (Å²) in [5.41, 5.74) is 1.54. The summed E-state index contributed by atoms with van der Waals surface area (Å²) < 4.78 is 22.4. The molecule has 2 aromatic rings. The monoisotopic (exact) mass is 494 g/mol. The van der Waals surface area contributed by atoms with Gasteiger partial charge in [0.25, 0.3) is 5.91 Å². The fourth-order valence-electron chi connectivity index (χ4n) is 3.94. The third-order valence-electron chi connectivity index (χ3n) is 5.36. The predicted molar refractivity (Wildman–Crippen MR) is 138 cm³/mol. The number of ether oxygens (including phenoxy) is 4. The summed E-state index contributed by atoms with van der Waals surface area (Å²) in [6.45, 7) is 12.6. The van der Waals surface area contributed by atoms with Crippen LogP contribution in [0.25, 0.3) is 6.08 Å². The molecule has 8 nitrogen and oxygen atoms in total. The van der Waals surface area contributed by atoms with Crippen LogP contribution < -0.4 is 14.2 Å². The highest BCUT2D eigenvalue weighted by molar-refractivity contribution is 6.12. The Morgan fingerprint density at radius 1 is 0.944 bits per heavy atom. The predicted octanol–water partition coefficient (Wildman–Crippen LogP) is 4.85. The number of amides is 1. The van der Waals surface area contributed by atoms with Crippen LogP contribution in [0.4, 0.5) is 0 Å². The first-order valence-corrected chi connectivity index (χ1v) is 12.2. The molecule has 192 valence electrons. The molecule has 0 aliphatic carbocycles. The smallest absolute Gasteiger partial charge is 0.363 e. The minimum Gasteiger partial charge on any atom is -0.494 e. The highest BCUT2D eigenvalue weighted by atomic mass is 16.6. The van der Waals surface area contributed by atoms with Crippen LogP contribution in [0, 0.1) is 0 Å². The van der Waals surface area contributed by atoms with Gasteiger partial charge < -0.3 is 23.8 Å². The van der Waals surface area contributed by atoms with Gasteiger partial charge in [0.05, 0.1) is 13.2 Å². The molecule has 0 aromatic heterocycles. The molecule has 1 amide bonds. The average Bonchev–Trinajstić information content (AvgIpc) is 3.19. The fraction of sp³-hybridized carbons (Fsp3) is 0.393. The van der Waals surface area contributed by atoms with Gasteiger partial charge in [0.1, 0.15) is 5.75 Å². The highest BCUT2D eigenvalue weighted by Crippen LogP contribution is 2.30.